The Kier molecular flexibility index (Phi) is 4.79. The number of likely N-dealkylation sites (tertiary alicyclic amines) is 1. The highest BCUT2D eigenvalue weighted by molar-refractivity contribution is 5.83. The molecule has 1 aromatic carbocycles. The van der Waals surface area contributed by atoms with Gasteiger partial charge in [0, 0.05) is 29.2 Å². The highest BCUT2D eigenvalue weighted by Gasteiger charge is 2.24. The molecule has 1 aliphatic rings. The number of rotatable bonds is 4. The Hall–Kier alpha value is -2.17. The van der Waals surface area contributed by atoms with E-state index in [1.165, 1.54) is 23.1 Å². The third-order valence-corrected chi connectivity index (χ3v) is 5.67. The smallest absolute Gasteiger partial charge is 0.0709 e. The van der Waals surface area contributed by atoms with Crippen LogP contribution >= 0.6 is 0 Å². The topological polar surface area (TPSA) is 52.1 Å². The molecule has 3 aromatic rings. The molecule has 3 heterocycles. The summed E-state index contributed by atoms with van der Waals surface area (Å²) in [6.45, 7) is 8.87. The van der Waals surface area contributed by atoms with Crippen molar-refractivity contribution in [3.63, 3.8) is 0 Å². The second-order valence-electron chi connectivity index (χ2n) is 8.73. The largest absolute Gasteiger partial charge is 0.395 e. The Bertz CT molecular complexity index is 938. The first kappa shape index (κ1) is 18.2. The van der Waals surface area contributed by atoms with Gasteiger partial charge in [-0.05, 0) is 48.6 Å². The van der Waals surface area contributed by atoms with Crippen molar-refractivity contribution in [1.82, 2.24) is 14.9 Å². The SMILES string of the molecule is CC(C)(C)c1cccc(-c2cc3cc(CN4CCC[C@@H]4CO)[nH]c3cn2)c1. The lowest BCUT2D eigenvalue weighted by molar-refractivity contribution is 0.152. The number of pyridine rings is 1. The summed E-state index contributed by atoms with van der Waals surface area (Å²) >= 11 is 0. The molecule has 0 aliphatic carbocycles. The lowest BCUT2D eigenvalue weighted by Crippen LogP contribution is -2.31. The number of aliphatic hydroxyl groups excluding tert-OH is 1. The quantitative estimate of drug-likeness (QED) is 0.718. The summed E-state index contributed by atoms with van der Waals surface area (Å²) in [6, 6.07) is 13.4. The van der Waals surface area contributed by atoms with E-state index in [2.05, 4.69) is 67.1 Å². The number of aromatic nitrogens is 2. The van der Waals surface area contributed by atoms with Crippen molar-refractivity contribution < 1.29 is 5.11 Å². The van der Waals surface area contributed by atoms with E-state index in [9.17, 15) is 5.11 Å². The zero-order chi connectivity index (χ0) is 19.0. The average Bonchev–Trinajstić information content (AvgIpc) is 3.26. The van der Waals surface area contributed by atoms with Crippen LogP contribution in [0.3, 0.4) is 0 Å². The Labute approximate surface area is 161 Å². The predicted molar refractivity (Wildman–Crippen MR) is 111 cm³/mol. The number of aromatic amines is 1. The number of H-pyrrole nitrogens is 1. The van der Waals surface area contributed by atoms with E-state index in [-0.39, 0.29) is 12.0 Å². The van der Waals surface area contributed by atoms with Crippen LogP contribution in [0.15, 0.2) is 42.6 Å². The van der Waals surface area contributed by atoms with Crippen molar-refractivity contribution in [2.45, 2.75) is 51.6 Å². The van der Waals surface area contributed by atoms with Gasteiger partial charge in [0.25, 0.3) is 0 Å². The second-order valence-corrected chi connectivity index (χ2v) is 8.73. The van der Waals surface area contributed by atoms with Crippen molar-refractivity contribution >= 4 is 10.9 Å². The van der Waals surface area contributed by atoms with Crippen LogP contribution in [0, 0.1) is 0 Å². The first-order valence-electron chi connectivity index (χ1n) is 9.87. The molecule has 0 unspecified atom stereocenters. The van der Waals surface area contributed by atoms with Crippen LogP contribution < -0.4 is 0 Å². The van der Waals surface area contributed by atoms with Crippen molar-refractivity contribution in [3.05, 3.63) is 53.9 Å². The van der Waals surface area contributed by atoms with E-state index < -0.39 is 0 Å². The standard InChI is InChI=1S/C23H29N3O/c1-23(2,3)18-7-4-6-16(10-18)21-12-17-11-19(25-22(17)13-24-21)14-26-9-5-8-20(26)15-27/h4,6-7,10-13,20,25,27H,5,8-9,14-15H2,1-3H3/t20-/m1/s1. The maximum atomic E-state index is 9.53. The van der Waals surface area contributed by atoms with Crippen molar-refractivity contribution in [3.8, 4) is 11.3 Å². The molecule has 4 heteroatoms. The summed E-state index contributed by atoms with van der Waals surface area (Å²) < 4.78 is 0. The maximum absolute atomic E-state index is 9.53. The number of fused-ring (bicyclic) bond motifs is 1. The van der Waals surface area contributed by atoms with E-state index in [1.807, 2.05) is 6.20 Å². The fraction of sp³-hybridized carbons (Fsp3) is 0.435. The third-order valence-electron chi connectivity index (χ3n) is 5.67. The Morgan fingerprint density at radius 2 is 2.07 bits per heavy atom. The van der Waals surface area contributed by atoms with Gasteiger partial charge in [-0.3, -0.25) is 9.88 Å². The molecule has 142 valence electrons. The number of hydrogen-bond acceptors (Lipinski definition) is 3. The van der Waals surface area contributed by atoms with Gasteiger partial charge in [-0.15, -0.1) is 0 Å². The van der Waals surface area contributed by atoms with E-state index in [0.717, 1.165) is 36.3 Å². The molecule has 1 aliphatic heterocycles. The zero-order valence-corrected chi connectivity index (χ0v) is 16.5. The molecule has 0 amide bonds. The summed E-state index contributed by atoms with van der Waals surface area (Å²) in [4.78, 5) is 10.6. The molecule has 0 spiro atoms. The van der Waals surface area contributed by atoms with Gasteiger partial charge in [0.1, 0.15) is 0 Å². The van der Waals surface area contributed by atoms with E-state index >= 15 is 0 Å². The van der Waals surface area contributed by atoms with Crippen LogP contribution in [-0.4, -0.2) is 39.2 Å². The molecular weight excluding hydrogens is 334 g/mol. The molecular formula is C23H29N3O. The summed E-state index contributed by atoms with van der Waals surface area (Å²) in [5, 5.41) is 10.7. The van der Waals surface area contributed by atoms with Gasteiger partial charge < -0.3 is 10.1 Å². The Balaban J connectivity index is 1.61. The highest BCUT2D eigenvalue weighted by atomic mass is 16.3. The normalized spacial score (nSPS) is 18.4. The van der Waals surface area contributed by atoms with Crippen LogP contribution in [0.4, 0.5) is 0 Å². The van der Waals surface area contributed by atoms with Crippen LogP contribution in [0.1, 0.15) is 44.9 Å². The minimum absolute atomic E-state index is 0.125. The first-order valence-corrected chi connectivity index (χ1v) is 9.87. The fourth-order valence-corrected chi connectivity index (χ4v) is 4.01. The minimum atomic E-state index is 0.125. The molecule has 2 aromatic heterocycles. The van der Waals surface area contributed by atoms with E-state index in [0.29, 0.717) is 6.04 Å². The van der Waals surface area contributed by atoms with Gasteiger partial charge in [-0.2, -0.15) is 0 Å². The zero-order valence-electron chi connectivity index (χ0n) is 16.5. The van der Waals surface area contributed by atoms with E-state index in [1.54, 1.807) is 0 Å². The third kappa shape index (κ3) is 3.78. The summed E-state index contributed by atoms with van der Waals surface area (Å²) in [5.74, 6) is 0. The molecule has 2 N–H and O–H groups in total. The van der Waals surface area contributed by atoms with E-state index in [4.69, 9.17) is 4.98 Å². The molecule has 0 bridgehead atoms. The molecule has 27 heavy (non-hydrogen) atoms. The molecule has 1 saturated heterocycles. The van der Waals surface area contributed by atoms with Crippen LogP contribution in [0.5, 0.6) is 0 Å². The second kappa shape index (κ2) is 7.10. The highest BCUT2D eigenvalue weighted by Crippen LogP contribution is 2.29. The molecule has 1 fully saturated rings. The van der Waals surface area contributed by atoms with Crippen LogP contribution in [0.2, 0.25) is 0 Å². The van der Waals surface area contributed by atoms with Crippen LogP contribution in [0.25, 0.3) is 22.2 Å². The minimum Gasteiger partial charge on any atom is -0.395 e. The first-order chi connectivity index (χ1) is 12.9. The van der Waals surface area contributed by atoms with Gasteiger partial charge in [-0.25, -0.2) is 0 Å². The summed E-state index contributed by atoms with van der Waals surface area (Å²) in [7, 11) is 0. The number of benzene rings is 1. The predicted octanol–water partition coefficient (Wildman–Crippen LogP) is 4.48. The molecule has 0 saturated carbocycles. The molecule has 4 nitrogen and oxygen atoms in total. The van der Waals surface area contributed by atoms with Crippen LogP contribution in [-0.2, 0) is 12.0 Å². The molecule has 1 atom stereocenters. The summed E-state index contributed by atoms with van der Waals surface area (Å²) in [5.41, 5.74) is 5.87. The monoisotopic (exact) mass is 363 g/mol. The van der Waals surface area contributed by atoms with Crippen molar-refractivity contribution in [1.29, 1.82) is 0 Å². The number of nitrogens with zero attached hydrogens (tertiary/aromatic N) is 2. The van der Waals surface area contributed by atoms with Crippen molar-refractivity contribution in [2.24, 2.45) is 0 Å². The number of hydrogen-bond donors (Lipinski definition) is 2. The van der Waals surface area contributed by atoms with Crippen molar-refractivity contribution in [2.75, 3.05) is 13.2 Å². The lowest BCUT2D eigenvalue weighted by atomic mass is 9.86. The number of aliphatic hydroxyl groups is 1. The Morgan fingerprint density at radius 1 is 1.22 bits per heavy atom. The average molecular weight is 364 g/mol. The number of nitrogens with one attached hydrogen (secondary N) is 1. The van der Waals surface area contributed by atoms with Gasteiger partial charge >= 0.3 is 0 Å². The molecule has 0 radical (unpaired) electrons. The Morgan fingerprint density at radius 3 is 2.85 bits per heavy atom. The summed E-state index contributed by atoms with van der Waals surface area (Å²) in [6.07, 6.45) is 4.19. The van der Waals surface area contributed by atoms with Gasteiger partial charge in [0.2, 0.25) is 0 Å². The fourth-order valence-electron chi connectivity index (χ4n) is 4.01. The molecule has 4 rings (SSSR count). The maximum Gasteiger partial charge on any atom is 0.0709 e. The lowest BCUT2D eigenvalue weighted by Gasteiger charge is -2.21. The van der Waals surface area contributed by atoms with Gasteiger partial charge in [0.15, 0.2) is 0 Å². The van der Waals surface area contributed by atoms with Gasteiger partial charge in [0.05, 0.1) is 24.0 Å². The van der Waals surface area contributed by atoms with Gasteiger partial charge in [-0.1, -0.05) is 39.0 Å².